The van der Waals surface area contributed by atoms with E-state index in [2.05, 4.69) is 106 Å². The molecule has 0 aliphatic heterocycles. The average molecular weight is 1020 g/mol. The van der Waals surface area contributed by atoms with Gasteiger partial charge in [-0.1, -0.05) is 279 Å². The van der Waals surface area contributed by atoms with Gasteiger partial charge in [0.15, 0.2) is 6.10 Å². The van der Waals surface area contributed by atoms with Crippen LogP contribution in [0.3, 0.4) is 0 Å². The van der Waals surface area contributed by atoms with Crippen LogP contribution in [-0.4, -0.2) is 37.2 Å². The second-order valence-corrected chi connectivity index (χ2v) is 20.6. The van der Waals surface area contributed by atoms with Crippen molar-refractivity contribution in [2.45, 2.75) is 309 Å². The van der Waals surface area contributed by atoms with Gasteiger partial charge in [-0.2, -0.15) is 0 Å². The lowest BCUT2D eigenvalue weighted by atomic mass is 10.0. The van der Waals surface area contributed by atoms with Crippen LogP contribution >= 0.6 is 0 Å². The van der Waals surface area contributed by atoms with Crippen LogP contribution in [0.4, 0.5) is 0 Å². The predicted octanol–water partition coefficient (Wildman–Crippen LogP) is 21.1. The van der Waals surface area contributed by atoms with Crippen LogP contribution in [0.15, 0.2) is 85.1 Å². The van der Waals surface area contributed by atoms with Crippen LogP contribution in [0, 0.1) is 0 Å². The van der Waals surface area contributed by atoms with E-state index in [4.69, 9.17) is 14.2 Å². The van der Waals surface area contributed by atoms with Crippen molar-refractivity contribution in [2.75, 3.05) is 13.2 Å². The normalized spacial score (nSPS) is 12.6. The number of unbranched alkanes of at least 4 members (excludes halogenated alkanes) is 31. The van der Waals surface area contributed by atoms with Gasteiger partial charge in [0.1, 0.15) is 13.2 Å². The zero-order valence-electron chi connectivity index (χ0n) is 48.1. The fraction of sp³-hybridized carbons (Fsp3) is 0.746. The van der Waals surface area contributed by atoms with Gasteiger partial charge < -0.3 is 14.2 Å². The van der Waals surface area contributed by atoms with Crippen molar-refractivity contribution in [3.63, 3.8) is 0 Å². The fourth-order valence-electron chi connectivity index (χ4n) is 8.72. The van der Waals surface area contributed by atoms with E-state index in [1.54, 1.807) is 0 Å². The molecule has 0 heterocycles. The van der Waals surface area contributed by atoms with Crippen LogP contribution in [0.25, 0.3) is 0 Å². The lowest BCUT2D eigenvalue weighted by Gasteiger charge is -2.18. The minimum Gasteiger partial charge on any atom is -0.462 e. The largest absolute Gasteiger partial charge is 0.462 e. The number of allylic oxidation sites excluding steroid dienone is 14. The Bertz CT molecular complexity index is 1400. The molecule has 0 spiro atoms. The molecule has 6 heteroatoms. The van der Waals surface area contributed by atoms with Gasteiger partial charge in [-0.25, -0.2) is 0 Å². The number of rotatable bonds is 56. The van der Waals surface area contributed by atoms with E-state index in [9.17, 15) is 14.4 Å². The minimum atomic E-state index is -0.777. The maximum absolute atomic E-state index is 12.8. The first-order chi connectivity index (χ1) is 36.0. The highest BCUT2D eigenvalue weighted by Crippen LogP contribution is 2.17. The summed E-state index contributed by atoms with van der Waals surface area (Å²) in [5.74, 6) is -0.893. The van der Waals surface area contributed by atoms with Crippen molar-refractivity contribution in [2.24, 2.45) is 0 Å². The molecule has 0 aromatic rings. The molecule has 0 radical (unpaired) electrons. The van der Waals surface area contributed by atoms with E-state index >= 15 is 0 Å². The molecule has 73 heavy (non-hydrogen) atoms. The quantitative estimate of drug-likeness (QED) is 0.0261. The molecule has 1 unspecified atom stereocenters. The van der Waals surface area contributed by atoms with Crippen LogP contribution in [-0.2, 0) is 28.6 Å². The van der Waals surface area contributed by atoms with Gasteiger partial charge in [-0.05, 0) is 89.9 Å². The highest BCUT2D eigenvalue weighted by atomic mass is 16.6. The molecule has 0 amide bonds. The van der Waals surface area contributed by atoms with Gasteiger partial charge in [-0.3, -0.25) is 14.4 Å². The fourth-order valence-corrected chi connectivity index (χ4v) is 8.72. The Morgan fingerprint density at radius 1 is 0.288 bits per heavy atom. The molecule has 0 aliphatic carbocycles. The monoisotopic (exact) mass is 1020 g/mol. The van der Waals surface area contributed by atoms with Crippen LogP contribution in [0.2, 0.25) is 0 Å². The standard InChI is InChI=1S/C67H116O6/c1-4-7-10-13-16-18-20-22-24-25-26-27-28-29-30-31-32-33-34-35-36-37-38-39-40-41-42-43-44-46-47-49-51-54-57-60-66(69)72-63-64(62-71-65(68)59-56-53-15-12-9-6-3)73-67(70)61-58-55-52-50-48-45-23-21-19-17-14-11-8-5-2/h7,10,14,16-18,21-24,26-27,29-30,64H,4-6,8-9,11-13,15,19-20,25,28,31-63H2,1-3H3/b10-7-,17-14-,18-16-,23-21-,24-22-,27-26-,30-29-. The first kappa shape index (κ1) is 69.6. The summed E-state index contributed by atoms with van der Waals surface area (Å²) in [5, 5.41) is 0. The molecule has 0 fully saturated rings. The first-order valence-electron chi connectivity index (χ1n) is 31.1. The number of hydrogen-bond donors (Lipinski definition) is 0. The second kappa shape index (κ2) is 61.1. The van der Waals surface area contributed by atoms with Crippen LogP contribution in [0.5, 0.6) is 0 Å². The van der Waals surface area contributed by atoms with Gasteiger partial charge in [0, 0.05) is 19.3 Å². The van der Waals surface area contributed by atoms with Gasteiger partial charge in [0.25, 0.3) is 0 Å². The van der Waals surface area contributed by atoms with Gasteiger partial charge in [0.05, 0.1) is 0 Å². The molecule has 0 rings (SSSR count). The summed E-state index contributed by atoms with van der Waals surface area (Å²) in [6.07, 6.45) is 80.7. The van der Waals surface area contributed by atoms with Crippen molar-refractivity contribution in [3.05, 3.63) is 85.1 Å². The van der Waals surface area contributed by atoms with E-state index in [0.29, 0.717) is 19.3 Å². The molecular weight excluding hydrogens is 901 g/mol. The molecular formula is C67H116O6. The summed E-state index contributed by atoms with van der Waals surface area (Å²) in [4.78, 5) is 37.9. The third-order valence-electron chi connectivity index (χ3n) is 13.4. The van der Waals surface area contributed by atoms with Crippen LogP contribution < -0.4 is 0 Å². The van der Waals surface area contributed by atoms with E-state index in [1.165, 1.54) is 148 Å². The summed E-state index contributed by atoms with van der Waals surface area (Å²) in [7, 11) is 0. The topological polar surface area (TPSA) is 78.9 Å². The third-order valence-corrected chi connectivity index (χ3v) is 13.4. The Morgan fingerprint density at radius 2 is 0.548 bits per heavy atom. The molecule has 0 saturated heterocycles. The van der Waals surface area contributed by atoms with E-state index in [-0.39, 0.29) is 31.1 Å². The summed E-state index contributed by atoms with van der Waals surface area (Å²) in [5.41, 5.74) is 0. The third kappa shape index (κ3) is 59.3. The molecule has 0 aromatic carbocycles. The Labute approximate surface area is 452 Å². The maximum atomic E-state index is 12.8. The lowest BCUT2D eigenvalue weighted by molar-refractivity contribution is -0.167. The Hall–Kier alpha value is -3.41. The molecule has 0 aliphatic rings. The highest BCUT2D eigenvalue weighted by Gasteiger charge is 2.19. The lowest BCUT2D eigenvalue weighted by Crippen LogP contribution is -2.30. The summed E-state index contributed by atoms with van der Waals surface area (Å²) >= 11 is 0. The van der Waals surface area contributed by atoms with Crippen molar-refractivity contribution in [1.82, 2.24) is 0 Å². The van der Waals surface area contributed by atoms with E-state index in [0.717, 1.165) is 116 Å². The minimum absolute atomic E-state index is 0.0781. The van der Waals surface area contributed by atoms with Crippen molar-refractivity contribution in [3.8, 4) is 0 Å². The highest BCUT2D eigenvalue weighted by molar-refractivity contribution is 5.71. The number of ether oxygens (including phenoxy) is 3. The molecule has 6 nitrogen and oxygen atoms in total. The van der Waals surface area contributed by atoms with E-state index < -0.39 is 6.10 Å². The summed E-state index contributed by atoms with van der Waals surface area (Å²) in [6, 6.07) is 0. The average Bonchev–Trinajstić information content (AvgIpc) is 3.39. The Balaban J connectivity index is 3.93. The number of carbonyl (C=O) groups excluding carboxylic acids is 3. The SMILES string of the molecule is CC/C=C\C/C=C\C/C=C\C/C=C\C/C=C\CCCCCCCCCCCCCCCCCCCCCC(=O)OCC(COC(=O)CCCCCCCC)OC(=O)CCCCCCC/C=C\C/C=C\CCCC. The van der Waals surface area contributed by atoms with Gasteiger partial charge >= 0.3 is 17.9 Å². The molecule has 420 valence electrons. The molecule has 0 N–H and O–H groups in total. The van der Waals surface area contributed by atoms with Crippen molar-refractivity contribution < 1.29 is 28.6 Å². The molecule has 0 aromatic heterocycles. The summed E-state index contributed by atoms with van der Waals surface area (Å²) in [6.45, 7) is 6.43. The van der Waals surface area contributed by atoms with E-state index in [1.807, 2.05) is 0 Å². The molecule has 0 bridgehead atoms. The Morgan fingerprint density at radius 3 is 0.877 bits per heavy atom. The molecule has 0 saturated carbocycles. The zero-order valence-corrected chi connectivity index (χ0v) is 48.1. The maximum Gasteiger partial charge on any atom is 0.306 e. The smallest absolute Gasteiger partial charge is 0.306 e. The summed E-state index contributed by atoms with van der Waals surface area (Å²) < 4.78 is 16.7. The Kier molecular flexibility index (Phi) is 58.3. The number of carbonyl (C=O) groups is 3. The second-order valence-electron chi connectivity index (χ2n) is 20.6. The zero-order chi connectivity index (χ0) is 52.9. The van der Waals surface area contributed by atoms with Gasteiger partial charge in [-0.15, -0.1) is 0 Å². The van der Waals surface area contributed by atoms with Crippen molar-refractivity contribution >= 4 is 17.9 Å². The number of esters is 3. The van der Waals surface area contributed by atoms with Crippen LogP contribution in [0.1, 0.15) is 303 Å². The predicted molar refractivity (Wildman–Crippen MR) is 316 cm³/mol. The first-order valence-corrected chi connectivity index (χ1v) is 31.1. The van der Waals surface area contributed by atoms with Crippen molar-refractivity contribution in [1.29, 1.82) is 0 Å². The number of hydrogen-bond acceptors (Lipinski definition) is 6. The van der Waals surface area contributed by atoms with Gasteiger partial charge in [0.2, 0.25) is 0 Å². The molecule has 1 atom stereocenters.